The number of likely N-dealkylation sites (tertiary alicyclic amines) is 11. The van der Waals surface area contributed by atoms with Gasteiger partial charge in [-0.1, -0.05) is 148 Å². The Kier molecular flexibility index (Phi) is 84.8. The van der Waals surface area contributed by atoms with Gasteiger partial charge in [0, 0.05) is 225 Å². The Balaban J connectivity index is 0. The number of alkyl halides is 1. The van der Waals surface area contributed by atoms with Crippen LogP contribution >= 0.6 is 7.60 Å². The summed E-state index contributed by atoms with van der Waals surface area (Å²) in [4.78, 5) is 35.5. The van der Waals surface area contributed by atoms with Crippen LogP contribution in [-0.2, 0) is 9.09 Å². The fourth-order valence-electron chi connectivity index (χ4n) is 19.9. The number of likely N-dealkylation sites (N-methyl/N-ethyl adjacent to an activating group) is 2. The highest BCUT2D eigenvalue weighted by Crippen LogP contribution is 2.41. The highest BCUT2D eigenvalue weighted by molar-refractivity contribution is 7.51. The summed E-state index contributed by atoms with van der Waals surface area (Å²) >= 11 is 0. The topological polar surface area (TPSA) is 241 Å². The number of halogens is 1. The zero-order chi connectivity index (χ0) is 112. The molecule has 13 rings (SSSR count). The van der Waals surface area contributed by atoms with Crippen LogP contribution in [0.15, 0.2) is 0 Å². The molecule has 0 amide bonds. The lowest BCUT2D eigenvalue weighted by Gasteiger charge is -2.41. The molecule has 2 saturated carbocycles. The number of nitrogens with two attached hydrogens (primary N) is 3. The fraction of sp³-hybridized carbons (Fsp3) is 0.967. The summed E-state index contributed by atoms with van der Waals surface area (Å²) in [6.07, 6.45) is 38.2. The van der Waals surface area contributed by atoms with Crippen LogP contribution < -0.4 is 43.8 Å². The van der Waals surface area contributed by atoms with E-state index >= 15 is 0 Å². The molecular formula is C121H257FN19O4P. The number of nitrogens with zero attached hydrogens (tertiary/aromatic N) is 11. The summed E-state index contributed by atoms with van der Waals surface area (Å²) in [5.74, 6) is 14.0. The highest BCUT2D eigenvalue weighted by Gasteiger charge is 2.36. The number of hydrogen-bond donors (Lipinski definition) is 10. The van der Waals surface area contributed by atoms with Gasteiger partial charge >= 0.3 is 7.60 Å². The van der Waals surface area contributed by atoms with Gasteiger partial charge in [-0.3, -0.25) is 38.9 Å². The molecule has 0 aromatic rings. The number of terminal acetylenes is 2. The van der Waals surface area contributed by atoms with Gasteiger partial charge in [-0.25, -0.2) is 4.39 Å². The molecule has 0 aromatic carbocycles. The van der Waals surface area contributed by atoms with E-state index in [9.17, 15) is 14.1 Å². The SMILES string of the molecule is C#CC1CCN(C(C)C)CC1.C#C[C@@H]1CN(C(C)C)C[C@H]1N.CC(C)C1CCC1.CC(C)C1CCCC1.CC(C)N1CC(N)C(F)C1.CC(C)N1CC(OP(C)(=O)O)C1.CC(C)N1CCCC(O)C1.CC1CCN(C(C)C)CC1.CC1CCN(C(C)C)CC1.CC1CN(C(C)C)C[C@H]1N.CCC1CN(C(C)C)C1.CCCNC(C)C.CCCNCCNC(C)C.CN[C@@H]1CCCN(C(C)C)C1.CN[C@@H]1CCN(C(C)C)C1. The summed E-state index contributed by atoms with van der Waals surface area (Å²) in [5.41, 5.74) is 17.2. The highest BCUT2D eigenvalue weighted by atomic mass is 31.2. The van der Waals surface area contributed by atoms with Crippen LogP contribution in [0.3, 0.4) is 0 Å². The normalized spacial score (nSPS) is 25.4. The first-order valence-electron chi connectivity index (χ1n) is 60.6. The van der Waals surface area contributed by atoms with Crippen molar-refractivity contribution >= 4 is 7.60 Å². The molecular weight excluding hydrogens is 1830 g/mol. The lowest BCUT2D eigenvalue weighted by molar-refractivity contribution is -0.00459. The predicted octanol–water partition coefficient (Wildman–Crippen LogP) is 20.2. The zero-order valence-electron chi connectivity index (χ0n) is 104. The molecule has 0 aromatic heterocycles. The number of aliphatic hydroxyl groups excluding tert-OH is 1. The smallest absolute Gasteiger partial charge is 0.325 e. The van der Waals surface area contributed by atoms with Crippen LogP contribution in [0.4, 0.5) is 4.39 Å². The largest absolute Gasteiger partial charge is 0.392 e. The van der Waals surface area contributed by atoms with Crippen molar-refractivity contribution in [3.63, 3.8) is 0 Å². The number of β-amino-alcohol motifs (C(OH)–C–C–N with tert-alkyl or cyclic N) is 1. The summed E-state index contributed by atoms with van der Waals surface area (Å²) in [7, 11) is 0.844. The maximum absolute atomic E-state index is 12.8. The van der Waals surface area contributed by atoms with Crippen LogP contribution in [0, 0.1) is 83.9 Å². The third kappa shape index (κ3) is 70.9. The average Bonchev–Trinajstić information content (AvgIpc) is 1.34. The molecule has 13 aliphatic rings. The Bertz CT molecular complexity index is 3000. The minimum absolute atomic E-state index is 0.0479. The number of rotatable bonds is 27. The molecule has 2 aliphatic carbocycles. The van der Waals surface area contributed by atoms with E-state index in [-0.39, 0.29) is 30.2 Å². The molecule has 0 radical (unpaired) electrons. The molecule has 11 heterocycles. The Morgan fingerprint density at radius 2 is 0.719 bits per heavy atom. The number of nitrogens with one attached hydrogen (secondary N) is 5. The van der Waals surface area contributed by atoms with Gasteiger partial charge in [0.1, 0.15) is 6.17 Å². The van der Waals surface area contributed by atoms with Gasteiger partial charge in [0.25, 0.3) is 0 Å². The molecule has 146 heavy (non-hydrogen) atoms. The molecule has 25 heteroatoms. The van der Waals surface area contributed by atoms with Crippen molar-refractivity contribution < 1.29 is 23.5 Å². The summed E-state index contributed by atoms with van der Waals surface area (Å²) in [5, 5.41) is 25.9. The van der Waals surface area contributed by atoms with E-state index in [1.165, 1.54) is 214 Å². The molecule has 23 nitrogen and oxygen atoms in total. The Hall–Kier alpha value is -1.60. The van der Waals surface area contributed by atoms with Crippen LogP contribution in [0.1, 0.15) is 384 Å². The third-order valence-corrected chi connectivity index (χ3v) is 33.0. The van der Waals surface area contributed by atoms with Crippen molar-refractivity contribution in [2.24, 2.45) is 76.4 Å². The van der Waals surface area contributed by atoms with Gasteiger partial charge in [0.2, 0.25) is 0 Å². The van der Waals surface area contributed by atoms with Crippen molar-refractivity contribution in [2.75, 3.05) is 191 Å². The second-order valence-corrected chi connectivity index (χ2v) is 52.0. The molecule has 13 N–H and O–H groups in total. The number of aliphatic hydroxyl groups is 1. The summed E-state index contributed by atoms with van der Waals surface area (Å²) < 4.78 is 28.5. The molecule has 10 atom stereocenters. The van der Waals surface area contributed by atoms with E-state index in [2.05, 4.69) is 356 Å². The standard InChI is InChI=1S/C10H17N.C9H20N2.C9H16N2.2C9H19N.2C8H18N2.C8H20N2.C8H17NO.C8H17N.C8H16.C7H15FN2.C7H16NO3P.C7H14.C6H15N/c1-4-10-5-7-11(8-6-10)9(2)3;1-8(2)11-6-4-5-9(7-11)10-3;1-4-8-5-11(7(2)3)6-9(8)10;2*1-8(2)10-6-4-9(3)5-7-10;1-6(2)10-4-7(3)8(9)5-10;1-7(2)10-5-4-8(6-10)9-3;1-4-5-9-6-7-10-8(2)3;1-7(2)9-5-3-4-8(10)6-9;1-4-8-5-9(6-8)7(2)3;1-7(2)8-5-3-4-6-8;1-5(2)10-3-6(8)7(9)4-10;1-6(2)8-4-7(5-8)11-12(3,9)10;1-6(2)7-4-3-5-7;1-4-5-7-6(2)3/h1,9-10H,5-8H2,2-3H3;8-10H,4-7H2,1-3H3;1,7-9H,5-6,10H2,2-3H3;2*8-9H,4-7H2,1-3H3;6-8H,4-5,9H2,1-3H3;7-9H,4-6H2,1-3H3;8-10H,4-7H2,1-3H3;7-8,10H,3-6H2,1-2H3;7-8H,4-6H2,1-3H3;7-8H,3-6H2,1-2H3;5-7H,3-4,9H2,1-2H3;6-7H,4-5H2,1-3H3,(H,9,10);6-7H,3-5H2,1-2H3;6-7H,4-5H2,1-3H3/t;9-;8-,9-;;;7?,8-;8-;;;;;;;;/m.11..11......../s1. The molecule has 11 saturated heterocycles. The van der Waals surface area contributed by atoms with E-state index in [4.69, 9.17) is 39.5 Å². The van der Waals surface area contributed by atoms with E-state index < -0.39 is 13.8 Å². The van der Waals surface area contributed by atoms with Gasteiger partial charge in [-0.05, 0) is 369 Å². The van der Waals surface area contributed by atoms with Crippen molar-refractivity contribution in [3.05, 3.63) is 0 Å². The quantitative estimate of drug-likeness (QED) is 0.0209. The third-order valence-electron chi connectivity index (χ3n) is 32.3. The maximum Gasteiger partial charge on any atom is 0.325 e. The van der Waals surface area contributed by atoms with Gasteiger partial charge in [-0.2, -0.15) is 0 Å². The van der Waals surface area contributed by atoms with Gasteiger partial charge in [0.05, 0.1) is 12.2 Å². The molecule has 13 fully saturated rings. The Labute approximate surface area is 909 Å². The van der Waals surface area contributed by atoms with Gasteiger partial charge in [0.15, 0.2) is 0 Å². The lowest BCUT2D eigenvalue weighted by Crippen LogP contribution is -2.54. The Morgan fingerprint density at radius 3 is 0.993 bits per heavy atom. The Morgan fingerprint density at radius 1 is 0.370 bits per heavy atom. The molecule has 0 spiro atoms. The van der Waals surface area contributed by atoms with E-state index in [0.717, 1.165) is 163 Å². The van der Waals surface area contributed by atoms with Crippen molar-refractivity contribution in [1.29, 1.82) is 0 Å². The van der Waals surface area contributed by atoms with Crippen LogP contribution in [0.5, 0.6) is 0 Å². The zero-order valence-corrected chi connectivity index (χ0v) is 105. The first-order valence-corrected chi connectivity index (χ1v) is 62.6. The fourth-order valence-corrected chi connectivity index (χ4v) is 20.6. The summed E-state index contributed by atoms with van der Waals surface area (Å²) in [6, 6.07) is 10.2. The van der Waals surface area contributed by atoms with E-state index in [0.29, 0.717) is 85.3 Å². The molecule has 872 valence electrons. The van der Waals surface area contributed by atoms with Crippen LogP contribution in [0.25, 0.3) is 0 Å². The van der Waals surface area contributed by atoms with Crippen LogP contribution in [0.2, 0.25) is 0 Å². The average molecular weight is 2090 g/mol. The first-order chi connectivity index (χ1) is 68.4. The lowest BCUT2D eigenvalue weighted by atomic mass is 9.78. The van der Waals surface area contributed by atoms with Crippen molar-refractivity contribution in [3.8, 4) is 24.7 Å². The second-order valence-electron chi connectivity index (χ2n) is 50.2. The number of hydrogen-bond acceptors (Lipinski definition) is 22. The molecule has 0 bridgehead atoms. The van der Waals surface area contributed by atoms with Crippen LogP contribution in [-0.4, -0.2) is 382 Å². The van der Waals surface area contributed by atoms with Gasteiger partial charge in [-0.15, -0.1) is 24.7 Å². The maximum atomic E-state index is 12.8. The first kappa shape index (κ1) is 146. The minimum atomic E-state index is -3.27. The second kappa shape index (κ2) is 84.6. The minimum Gasteiger partial charge on any atom is -0.392 e. The van der Waals surface area contributed by atoms with Crippen molar-refractivity contribution in [2.45, 2.75) is 511 Å². The summed E-state index contributed by atoms with van der Waals surface area (Å²) in [6.45, 7) is 110. The van der Waals surface area contributed by atoms with Crippen molar-refractivity contribution in [1.82, 2.24) is 80.5 Å². The molecule has 5 unspecified atom stereocenters. The molecule has 11 aliphatic heterocycles. The van der Waals surface area contributed by atoms with E-state index in [1.54, 1.807) is 0 Å². The monoisotopic (exact) mass is 2090 g/mol. The predicted molar refractivity (Wildman–Crippen MR) is 640 cm³/mol. The number of piperidine rings is 5. The van der Waals surface area contributed by atoms with E-state index in [1.807, 2.05) is 0 Å². The van der Waals surface area contributed by atoms with Gasteiger partial charge < -0.3 is 77.9 Å².